The molecule has 1 aliphatic heterocycles. The van der Waals surface area contributed by atoms with Gasteiger partial charge in [-0.1, -0.05) is 36.4 Å². The zero-order valence-electron chi connectivity index (χ0n) is 14.6. The number of rotatable bonds is 5. The minimum Gasteiger partial charge on any atom is -0.373 e. The van der Waals surface area contributed by atoms with E-state index in [1.54, 1.807) is 6.20 Å². The molecule has 2 aromatic rings. The monoisotopic (exact) mass is 339 g/mol. The third-order valence-corrected chi connectivity index (χ3v) is 4.58. The summed E-state index contributed by atoms with van der Waals surface area (Å²) in [7, 11) is 0. The Bertz CT molecular complexity index is 655. The summed E-state index contributed by atoms with van der Waals surface area (Å²) < 4.78 is 5.95. The molecular formula is C20H25N3O2. The van der Waals surface area contributed by atoms with Crippen LogP contribution in [0.1, 0.15) is 36.9 Å². The molecule has 1 fully saturated rings. The van der Waals surface area contributed by atoms with Gasteiger partial charge in [-0.2, -0.15) is 0 Å². The molecule has 1 saturated heterocycles. The highest BCUT2D eigenvalue weighted by Gasteiger charge is 2.24. The van der Waals surface area contributed by atoms with Crippen molar-refractivity contribution in [2.24, 2.45) is 0 Å². The Morgan fingerprint density at radius 3 is 2.68 bits per heavy atom. The summed E-state index contributed by atoms with van der Waals surface area (Å²) in [5.74, 6) is 0. The molecule has 1 N–H and O–H groups in total. The van der Waals surface area contributed by atoms with Crippen molar-refractivity contribution in [2.45, 2.75) is 38.5 Å². The van der Waals surface area contributed by atoms with Crippen LogP contribution in [0.5, 0.6) is 0 Å². The first-order chi connectivity index (χ1) is 12.2. The van der Waals surface area contributed by atoms with E-state index in [0.717, 1.165) is 37.1 Å². The van der Waals surface area contributed by atoms with E-state index >= 15 is 0 Å². The topological polar surface area (TPSA) is 54.5 Å². The molecule has 0 aliphatic carbocycles. The zero-order chi connectivity index (χ0) is 17.5. The molecule has 3 rings (SSSR count). The van der Waals surface area contributed by atoms with Crippen LogP contribution >= 0.6 is 0 Å². The van der Waals surface area contributed by atoms with Gasteiger partial charge in [-0.05, 0) is 37.0 Å². The van der Waals surface area contributed by atoms with E-state index in [2.05, 4.69) is 10.3 Å². The molecule has 2 heterocycles. The number of urea groups is 1. The number of pyridine rings is 1. The molecule has 1 aromatic carbocycles. The lowest BCUT2D eigenvalue weighted by molar-refractivity contribution is 0.00421. The number of piperidine rings is 1. The van der Waals surface area contributed by atoms with Crippen molar-refractivity contribution in [3.8, 4) is 0 Å². The van der Waals surface area contributed by atoms with Gasteiger partial charge >= 0.3 is 6.03 Å². The SMILES string of the molecule is C[C@H](NC(=O)N1CCC(OCc2cccnc2)CC1)c1ccccc1. The van der Waals surface area contributed by atoms with Crippen LogP contribution in [0, 0.1) is 0 Å². The molecule has 1 aromatic heterocycles. The molecule has 0 spiro atoms. The first kappa shape index (κ1) is 17.4. The maximum absolute atomic E-state index is 12.4. The Balaban J connectivity index is 1.41. The summed E-state index contributed by atoms with van der Waals surface area (Å²) in [5.41, 5.74) is 2.20. The van der Waals surface area contributed by atoms with Crippen LogP contribution in [0.4, 0.5) is 4.79 Å². The van der Waals surface area contributed by atoms with Crippen LogP contribution < -0.4 is 5.32 Å². The summed E-state index contributed by atoms with van der Waals surface area (Å²) >= 11 is 0. The van der Waals surface area contributed by atoms with Gasteiger partial charge in [-0.3, -0.25) is 4.98 Å². The number of carbonyl (C=O) groups excluding carboxylic acids is 1. The van der Waals surface area contributed by atoms with Crippen LogP contribution in [0.15, 0.2) is 54.9 Å². The largest absolute Gasteiger partial charge is 0.373 e. The number of amides is 2. The number of hydrogen-bond donors (Lipinski definition) is 1. The molecule has 5 heteroatoms. The van der Waals surface area contributed by atoms with Gasteiger partial charge < -0.3 is 15.0 Å². The third kappa shape index (κ3) is 5.03. The highest BCUT2D eigenvalue weighted by atomic mass is 16.5. The quantitative estimate of drug-likeness (QED) is 0.906. The first-order valence-electron chi connectivity index (χ1n) is 8.83. The lowest BCUT2D eigenvalue weighted by atomic mass is 10.1. The summed E-state index contributed by atoms with van der Waals surface area (Å²) in [4.78, 5) is 18.4. The van der Waals surface area contributed by atoms with Gasteiger partial charge in [-0.15, -0.1) is 0 Å². The van der Waals surface area contributed by atoms with Crippen molar-refractivity contribution in [3.05, 3.63) is 66.0 Å². The Morgan fingerprint density at radius 1 is 1.24 bits per heavy atom. The van der Waals surface area contributed by atoms with Gasteiger partial charge in [0.15, 0.2) is 0 Å². The maximum Gasteiger partial charge on any atom is 0.317 e. The lowest BCUT2D eigenvalue weighted by Crippen LogP contribution is -2.46. The van der Waals surface area contributed by atoms with Crippen LogP contribution in [0.2, 0.25) is 0 Å². The van der Waals surface area contributed by atoms with E-state index in [1.165, 1.54) is 0 Å². The second-order valence-corrected chi connectivity index (χ2v) is 6.44. The average molecular weight is 339 g/mol. The molecule has 1 atom stereocenters. The van der Waals surface area contributed by atoms with Gasteiger partial charge in [-0.25, -0.2) is 4.79 Å². The Kier molecular flexibility index (Phi) is 6.01. The van der Waals surface area contributed by atoms with Gasteiger partial charge in [0.1, 0.15) is 0 Å². The van der Waals surface area contributed by atoms with Crippen molar-refractivity contribution in [1.82, 2.24) is 15.2 Å². The minimum absolute atomic E-state index is 0.00191. The summed E-state index contributed by atoms with van der Waals surface area (Å²) in [6.07, 6.45) is 5.53. The van der Waals surface area contributed by atoms with E-state index in [4.69, 9.17) is 4.74 Å². The fourth-order valence-corrected chi connectivity index (χ4v) is 3.02. The molecular weight excluding hydrogens is 314 g/mol. The molecule has 1 aliphatic rings. The Labute approximate surface area is 149 Å². The molecule has 0 bridgehead atoms. The van der Waals surface area contributed by atoms with Gasteiger partial charge in [0.2, 0.25) is 0 Å². The van der Waals surface area contributed by atoms with Crippen molar-refractivity contribution in [3.63, 3.8) is 0 Å². The van der Waals surface area contributed by atoms with Gasteiger partial charge in [0, 0.05) is 25.5 Å². The lowest BCUT2D eigenvalue weighted by Gasteiger charge is -2.32. The predicted molar refractivity (Wildman–Crippen MR) is 97.0 cm³/mol. The number of aromatic nitrogens is 1. The number of nitrogens with one attached hydrogen (secondary N) is 1. The van der Waals surface area contributed by atoms with Crippen molar-refractivity contribution >= 4 is 6.03 Å². The number of nitrogens with zero attached hydrogens (tertiary/aromatic N) is 2. The standard InChI is InChI=1S/C20H25N3O2/c1-16(18-7-3-2-4-8-18)22-20(24)23-12-9-19(10-13-23)25-15-17-6-5-11-21-14-17/h2-8,11,14,16,19H,9-10,12-13,15H2,1H3,(H,22,24)/t16-/m0/s1. The van der Waals surface area contributed by atoms with Crippen molar-refractivity contribution in [1.29, 1.82) is 0 Å². The molecule has 0 radical (unpaired) electrons. The number of benzene rings is 1. The first-order valence-corrected chi connectivity index (χ1v) is 8.83. The smallest absolute Gasteiger partial charge is 0.317 e. The van der Waals surface area contributed by atoms with E-state index in [1.807, 2.05) is 60.5 Å². The zero-order valence-corrected chi connectivity index (χ0v) is 14.6. The second kappa shape index (κ2) is 8.62. The third-order valence-electron chi connectivity index (χ3n) is 4.58. The normalized spacial score (nSPS) is 16.4. The highest BCUT2D eigenvalue weighted by Crippen LogP contribution is 2.17. The number of carbonyl (C=O) groups is 1. The van der Waals surface area contributed by atoms with Crippen LogP contribution in [0.3, 0.4) is 0 Å². The second-order valence-electron chi connectivity index (χ2n) is 6.44. The molecule has 132 valence electrons. The van der Waals surface area contributed by atoms with Crippen molar-refractivity contribution < 1.29 is 9.53 Å². The molecule has 0 unspecified atom stereocenters. The molecule has 25 heavy (non-hydrogen) atoms. The summed E-state index contributed by atoms with van der Waals surface area (Å²) in [6.45, 7) is 4.04. The predicted octanol–water partition coefficient (Wildman–Crippen LogP) is 3.53. The van der Waals surface area contributed by atoms with E-state index < -0.39 is 0 Å². The minimum atomic E-state index is 0.00191. The van der Waals surface area contributed by atoms with E-state index in [9.17, 15) is 4.79 Å². The fourth-order valence-electron chi connectivity index (χ4n) is 3.02. The Morgan fingerprint density at radius 2 is 2.00 bits per heavy atom. The van der Waals surface area contributed by atoms with Crippen LogP contribution in [-0.4, -0.2) is 35.1 Å². The van der Waals surface area contributed by atoms with Gasteiger partial charge in [0.25, 0.3) is 0 Å². The van der Waals surface area contributed by atoms with Gasteiger partial charge in [0.05, 0.1) is 18.8 Å². The molecule has 5 nitrogen and oxygen atoms in total. The molecule has 0 saturated carbocycles. The molecule has 2 amide bonds. The maximum atomic E-state index is 12.4. The number of ether oxygens (including phenoxy) is 1. The van der Waals surface area contributed by atoms with Crippen molar-refractivity contribution in [2.75, 3.05) is 13.1 Å². The fraction of sp³-hybridized carbons (Fsp3) is 0.400. The van der Waals surface area contributed by atoms with Crippen LogP contribution in [0.25, 0.3) is 0 Å². The highest BCUT2D eigenvalue weighted by molar-refractivity contribution is 5.74. The van der Waals surface area contributed by atoms with E-state index in [0.29, 0.717) is 6.61 Å². The number of hydrogen-bond acceptors (Lipinski definition) is 3. The summed E-state index contributed by atoms with van der Waals surface area (Å²) in [5, 5.41) is 3.08. The average Bonchev–Trinajstić information content (AvgIpc) is 2.68. The Hall–Kier alpha value is -2.40. The van der Waals surface area contributed by atoms with E-state index in [-0.39, 0.29) is 18.2 Å². The summed E-state index contributed by atoms with van der Waals surface area (Å²) in [6, 6.07) is 14.0. The van der Waals surface area contributed by atoms with Crippen LogP contribution in [-0.2, 0) is 11.3 Å². The number of likely N-dealkylation sites (tertiary alicyclic amines) is 1.